The molecule has 0 saturated heterocycles. The van der Waals surface area contributed by atoms with E-state index in [2.05, 4.69) is 19.1 Å². The largest absolute Gasteiger partial charge is 0.0882 e. The van der Waals surface area contributed by atoms with Crippen LogP contribution in [0.2, 0.25) is 0 Å². The van der Waals surface area contributed by atoms with Crippen LogP contribution in [-0.2, 0) is 0 Å². The summed E-state index contributed by atoms with van der Waals surface area (Å²) < 4.78 is 0. The van der Waals surface area contributed by atoms with E-state index in [1.807, 2.05) is 0 Å². The van der Waals surface area contributed by atoms with Crippen LogP contribution in [0, 0.1) is 17.8 Å². The summed E-state index contributed by atoms with van der Waals surface area (Å²) in [6, 6.07) is 0. The van der Waals surface area contributed by atoms with E-state index in [1.54, 1.807) is 0 Å². The first-order valence-electron chi connectivity index (χ1n) is 5.54. The van der Waals surface area contributed by atoms with E-state index in [0.717, 1.165) is 17.8 Å². The third-order valence-electron chi connectivity index (χ3n) is 3.77. The lowest BCUT2D eigenvalue weighted by Crippen LogP contribution is -2.24. The Morgan fingerprint density at radius 2 is 2.00 bits per heavy atom. The maximum atomic E-state index is 2.51. The molecule has 0 aromatic heterocycles. The van der Waals surface area contributed by atoms with Crippen molar-refractivity contribution < 1.29 is 0 Å². The highest BCUT2D eigenvalue weighted by Crippen LogP contribution is 2.39. The van der Waals surface area contributed by atoms with Crippen molar-refractivity contribution in [2.75, 3.05) is 0 Å². The first-order valence-corrected chi connectivity index (χ1v) is 5.54. The highest BCUT2D eigenvalue weighted by atomic mass is 14.3. The van der Waals surface area contributed by atoms with Gasteiger partial charge >= 0.3 is 0 Å². The Bertz CT molecular complexity index is 169. The lowest BCUT2D eigenvalue weighted by molar-refractivity contribution is 0.189. The molecule has 0 spiro atoms. The Morgan fingerprint density at radius 1 is 1.08 bits per heavy atom. The average Bonchev–Trinajstić information content (AvgIpc) is 2.30. The highest BCUT2D eigenvalue weighted by molar-refractivity contribution is 4.97. The van der Waals surface area contributed by atoms with Crippen LogP contribution < -0.4 is 0 Å². The summed E-state index contributed by atoms with van der Waals surface area (Å²) in [6.45, 7) is 2.45. The maximum absolute atomic E-state index is 2.51. The summed E-state index contributed by atoms with van der Waals surface area (Å²) >= 11 is 0. The minimum absolute atomic E-state index is 0.941. The quantitative estimate of drug-likeness (QED) is 0.478. The van der Waals surface area contributed by atoms with E-state index < -0.39 is 0 Å². The van der Waals surface area contributed by atoms with Gasteiger partial charge in [0.15, 0.2) is 0 Å². The highest BCUT2D eigenvalue weighted by Gasteiger charge is 2.29. The van der Waals surface area contributed by atoms with Crippen LogP contribution in [-0.4, -0.2) is 0 Å². The molecule has 0 heterocycles. The molecule has 0 N–H and O–H groups in total. The molecule has 0 heteroatoms. The molecule has 0 amide bonds. The Balaban J connectivity index is 2.08. The van der Waals surface area contributed by atoms with Gasteiger partial charge in [0, 0.05) is 0 Å². The second kappa shape index (κ2) is 3.64. The molecule has 68 valence electrons. The molecule has 12 heavy (non-hydrogen) atoms. The lowest BCUT2D eigenvalue weighted by Gasteiger charge is -2.34. The fourth-order valence-corrected chi connectivity index (χ4v) is 3.01. The van der Waals surface area contributed by atoms with E-state index in [-0.39, 0.29) is 0 Å². The molecule has 2 rings (SSSR count). The zero-order valence-electron chi connectivity index (χ0n) is 8.13. The van der Waals surface area contributed by atoms with Gasteiger partial charge in [0.25, 0.3) is 0 Å². The second-order valence-electron chi connectivity index (χ2n) is 4.59. The van der Waals surface area contributed by atoms with Crippen LogP contribution in [0.25, 0.3) is 0 Å². The minimum atomic E-state index is 0.941. The van der Waals surface area contributed by atoms with Crippen molar-refractivity contribution in [3.63, 3.8) is 0 Å². The van der Waals surface area contributed by atoms with E-state index in [0.29, 0.717) is 0 Å². The second-order valence-corrected chi connectivity index (χ2v) is 4.59. The molecule has 0 bridgehead atoms. The van der Waals surface area contributed by atoms with E-state index in [9.17, 15) is 0 Å². The van der Waals surface area contributed by atoms with Gasteiger partial charge in [-0.05, 0) is 43.4 Å². The van der Waals surface area contributed by atoms with E-state index >= 15 is 0 Å². The molecule has 0 nitrogen and oxygen atoms in total. The molecule has 0 aliphatic heterocycles. The Morgan fingerprint density at radius 3 is 2.92 bits per heavy atom. The Hall–Kier alpha value is -0.260. The SMILES string of the molecule is CC1CCCC2C=CCCC[C@H]12. The van der Waals surface area contributed by atoms with Gasteiger partial charge in [0.05, 0.1) is 0 Å². The normalized spacial score (nSPS) is 41.9. The van der Waals surface area contributed by atoms with E-state index in [4.69, 9.17) is 0 Å². The molecule has 2 aliphatic rings. The summed E-state index contributed by atoms with van der Waals surface area (Å²) in [5.74, 6) is 2.96. The maximum Gasteiger partial charge on any atom is -0.0203 e. The van der Waals surface area contributed by atoms with E-state index in [1.165, 1.54) is 38.5 Å². The third-order valence-corrected chi connectivity index (χ3v) is 3.77. The van der Waals surface area contributed by atoms with Gasteiger partial charge in [0.1, 0.15) is 0 Å². The molecule has 2 unspecified atom stereocenters. The predicted octanol–water partition coefficient (Wildman–Crippen LogP) is 3.78. The van der Waals surface area contributed by atoms with Gasteiger partial charge in [-0.15, -0.1) is 0 Å². The van der Waals surface area contributed by atoms with Gasteiger partial charge in [-0.1, -0.05) is 31.9 Å². The standard InChI is InChI=1S/C12H20/c1-10-6-5-8-11-7-3-2-4-9-12(10)11/h3,7,10-12H,2,4-6,8-9H2,1H3/t10?,11?,12-/m1/s1. The molecule has 0 aromatic carbocycles. The van der Waals surface area contributed by atoms with Gasteiger partial charge in [-0.3, -0.25) is 0 Å². The summed E-state index contributed by atoms with van der Waals surface area (Å²) in [6.07, 6.45) is 13.6. The van der Waals surface area contributed by atoms with Crippen molar-refractivity contribution in [2.24, 2.45) is 17.8 Å². The molecule has 0 radical (unpaired) electrons. The van der Waals surface area contributed by atoms with Crippen LogP contribution in [0.3, 0.4) is 0 Å². The summed E-state index contributed by atoms with van der Waals surface area (Å²) in [7, 11) is 0. The van der Waals surface area contributed by atoms with Crippen molar-refractivity contribution in [2.45, 2.75) is 45.4 Å². The summed E-state index contributed by atoms with van der Waals surface area (Å²) in [5, 5.41) is 0. The van der Waals surface area contributed by atoms with Crippen molar-refractivity contribution in [1.29, 1.82) is 0 Å². The topological polar surface area (TPSA) is 0 Å². The van der Waals surface area contributed by atoms with Crippen molar-refractivity contribution in [3.05, 3.63) is 12.2 Å². The molecule has 2 aliphatic carbocycles. The minimum Gasteiger partial charge on any atom is -0.0882 e. The van der Waals surface area contributed by atoms with Gasteiger partial charge in [-0.2, -0.15) is 0 Å². The number of allylic oxidation sites excluding steroid dienone is 2. The average molecular weight is 164 g/mol. The van der Waals surface area contributed by atoms with Gasteiger partial charge in [0.2, 0.25) is 0 Å². The lowest BCUT2D eigenvalue weighted by atomic mass is 9.71. The fraction of sp³-hybridized carbons (Fsp3) is 0.833. The Kier molecular flexibility index (Phi) is 2.53. The smallest absolute Gasteiger partial charge is 0.0203 e. The predicted molar refractivity (Wildman–Crippen MR) is 53.0 cm³/mol. The van der Waals surface area contributed by atoms with Crippen molar-refractivity contribution in [3.8, 4) is 0 Å². The molecular formula is C12H20. The number of hydrogen-bond acceptors (Lipinski definition) is 0. The molecular weight excluding hydrogens is 144 g/mol. The van der Waals surface area contributed by atoms with Crippen molar-refractivity contribution >= 4 is 0 Å². The molecule has 3 atom stereocenters. The zero-order chi connectivity index (χ0) is 8.39. The summed E-state index contributed by atoms with van der Waals surface area (Å²) in [4.78, 5) is 0. The zero-order valence-corrected chi connectivity index (χ0v) is 8.13. The fourth-order valence-electron chi connectivity index (χ4n) is 3.01. The van der Waals surface area contributed by atoms with Crippen LogP contribution >= 0.6 is 0 Å². The number of rotatable bonds is 0. The number of hydrogen-bond donors (Lipinski definition) is 0. The van der Waals surface area contributed by atoms with Gasteiger partial charge < -0.3 is 0 Å². The number of fused-ring (bicyclic) bond motifs is 1. The monoisotopic (exact) mass is 164 g/mol. The van der Waals surface area contributed by atoms with Crippen molar-refractivity contribution in [1.82, 2.24) is 0 Å². The molecule has 0 aromatic rings. The summed E-state index contributed by atoms with van der Waals surface area (Å²) in [5.41, 5.74) is 0. The first-order chi connectivity index (χ1) is 5.88. The van der Waals surface area contributed by atoms with Gasteiger partial charge in [-0.25, -0.2) is 0 Å². The third kappa shape index (κ3) is 1.57. The van der Waals surface area contributed by atoms with Crippen LogP contribution in [0.15, 0.2) is 12.2 Å². The Labute approximate surface area is 76.1 Å². The first kappa shape index (κ1) is 8.34. The molecule has 1 saturated carbocycles. The molecule has 1 fully saturated rings. The van der Waals surface area contributed by atoms with Crippen LogP contribution in [0.1, 0.15) is 45.4 Å². The van der Waals surface area contributed by atoms with Crippen LogP contribution in [0.4, 0.5) is 0 Å². The van der Waals surface area contributed by atoms with Crippen LogP contribution in [0.5, 0.6) is 0 Å².